The number of rotatable bonds is 1. The maximum atomic E-state index is 12.3. The summed E-state index contributed by atoms with van der Waals surface area (Å²) in [6.07, 6.45) is 3.93. The van der Waals surface area contributed by atoms with Crippen LogP contribution in [0.25, 0.3) is 0 Å². The van der Waals surface area contributed by atoms with Crippen LogP contribution in [-0.4, -0.2) is 52.3 Å². The summed E-state index contributed by atoms with van der Waals surface area (Å²) in [4.78, 5) is 18.1. The number of oxazole rings is 1. The average molecular weight is 280 g/mol. The van der Waals surface area contributed by atoms with Crippen molar-refractivity contribution in [3.63, 3.8) is 0 Å². The van der Waals surface area contributed by atoms with Gasteiger partial charge in [0, 0.05) is 19.7 Å². The number of aliphatic hydroxyl groups excluding tert-OH is 1. The molecule has 6 nitrogen and oxygen atoms in total. The number of hydrogen-bond donors (Lipinski definition) is 1. The molecule has 2 aliphatic rings. The molecular weight excluding hydrogens is 260 g/mol. The summed E-state index contributed by atoms with van der Waals surface area (Å²) in [7, 11) is 0. The van der Waals surface area contributed by atoms with Gasteiger partial charge in [-0.2, -0.15) is 0 Å². The van der Waals surface area contributed by atoms with Crippen molar-refractivity contribution in [1.29, 1.82) is 0 Å². The lowest BCUT2D eigenvalue weighted by Gasteiger charge is -2.46. The molecule has 20 heavy (non-hydrogen) atoms. The van der Waals surface area contributed by atoms with E-state index in [-0.39, 0.29) is 5.91 Å². The van der Waals surface area contributed by atoms with Crippen LogP contribution < -0.4 is 0 Å². The molecule has 3 heterocycles. The van der Waals surface area contributed by atoms with Crippen molar-refractivity contribution >= 4 is 5.91 Å². The fraction of sp³-hybridized carbons (Fsp3) is 0.714. The number of aliphatic hydroxyl groups is 1. The Morgan fingerprint density at radius 3 is 2.85 bits per heavy atom. The van der Waals surface area contributed by atoms with Crippen LogP contribution in [0.3, 0.4) is 0 Å². The first-order chi connectivity index (χ1) is 9.62. The number of amides is 1. The molecule has 6 heteroatoms. The van der Waals surface area contributed by atoms with Gasteiger partial charge in [0.25, 0.3) is 5.91 Å². The highest BCUT2D eigenvalue weighted by Crippen LogP contribution is 2.35. The predicted molar refractivity (Wildman–Crippen MR) is 70.3 cm³/mol. The number of carbonyl (C=O) groups is 1. The number of nitrogens with zero attached hydrogens (tertiary/aromatic N) is 2. The zero-order valence-electron chi connectivity index (χ0n) is 11.7. The van der Waals surface area contributed by atoms with Crippen LogP contribution in [0.1, 0.15) is 41.9 Å². The minimum atomic E-state index is -0.450. The number of carbonyl (C=O) groups excluding carboxylic acids is 1. The lowest BCUT2D eigenvalue weighted by molar-refractivity contribution is -0.174. The summed E-state index contributed by atoms with van der Waals surface area (Å²) < 4.78 is 10.9. The number of likely N-dealkylation sites (tertiary alicyclic amines) is 1. The van der Waals surface area contributed by atoms with E-state index in [1.54, 1.807) is 11.8 Å². The zero-order valence-corrected chi connectivity index (χ0v) is 11.7. The summed E-state index contributed by atoms with van der Waals surface area (Å²) >= 11 is 0. The average Bonchev–Trinajstić information content (AvgIpc) is 2.89. The second-order valence-electron chi connectivity index (χ2n) is 5.62. The molecule has 110 valence electrons. The van der Waals surface area contributed by atoms with Gasteiger partial charge in [-0.05, 0) is 32.6 Å². The van der Waals surface area contributed by atoms with Crippen LogP contribution in [0, 0.1) is 6.92 Å². The first-order valence-corrected chi connectivity index (χ1v) is 7.14. The standard InChI is InChI=1S/C14H20N2O4/c1-10-12(15-9-19-10)13(18)16-6-4-14(5-7-16)11(17)3-2-8-20-14/h9,11,17H,2-8H2,1H3/t11-/m1/s1. The van der Waals surface area contributed by atoms with Crippen molar-refractivity contribution in [3.05, 3.63) is 17.8 Å². The Kier molecular flexibility index (Phi) is 3.52. The SMILES string of the molecule is Cc1ocnc1C(=O)N1CCC2(CC1)OCCC[C@H]2O. The zero-order chi connectivity index (χ0) is 14.2. The molecule has 1 N–H and O–H groups in total. The van der Waals surface area contributed by atoms with Gasteiger partial charge in [0.05, 0.1) is 11.7 Å². The molecule has 1 spiro atoms. The summed E-state index contributed by atoms with van der Waals surface area (Å²) in [6, 6.07) is 0. The molecule has 0 radical (unpaired) electrons. The topological polar surface area (TPSA) is 75.8 Å². The Bertz CT molecular complexity index is 491. The van der Waals surface area contributed by atoms with Gasteiger partial charge < -0.3 is 19.2 Å². The summed E-state index contributed by atoms with van der Waals surface area (Å²) in [5.74, 6) is 0.445. The second-order valence-corrected chi connectivity index (χ2v) is 5.62. The van der Waals surface area contributed by atoms with Gasteiger partial charge in [0.2, 0.25) is 0 Å². The largest absolute Gasteiger partial charge is 0.448 e. The van der Waals surface area contributed by atoms with Crippen LogP contribution in [0.2, 0.25) is 0 Å². The Morgan fingerprint density at radius 1 is 1.50 bits per heavy atom. The number of aromatic nitrogens is 1. The highest BCUT2D eigenvalue weighted by atomic mass is 16.5. The molecule has 3 rings (SSSR count). The number of piperidine rings is 1. The number of hydrogen-bond acceptors (Lipinski definition) is 5. The van der Waals surface area contributed by atoms with E-state index in [0.717, 1.165) is 12.8 Å². The van der Waals surface area contributed by atoms with Gasteiger partial charge in [-0.15, -0.1) is 0 Å². The van der Waals surface area contributed by atoms with E-state index < -0.39 is 11.7 Å². The fourth-order valence-electron chi connectivity index (χ4n) is 3.14. The van der Waals surface area contributed by atoms with Crippen molar-refractivity contribution in [2.45, 2.75) is 44.3 Å². The maximum absolute atomic E-state index is 12.3. The second kappa shape index (κ2) is 5.18. The third-order valence-electron chi connectivity index (χ3n) is 4.46. The van der Waals surface area contributed by atoms with E-state index in [2.05, 4.69) is 4.98 Å². The Balaban J connectivity index is 1.67. The van der Waals surface area contributed by atoms with Crippen LogP contribution in [0.15, 0.2) is 10.8 Å². The van der Waals surface area contributed by atoms with Crippen LogP contribution in [-0.2, 0) is 4.74 Å². The van der Waals surface area contributed by atoms with Gasteiger partial charge >= 0.3 is 0 Å². The van der Waals surface area contributed by atoms with E-state index in [9.17, 15) is 9.90 Å². The summed E-state index contributed by atoms with van der Waals surface area (Å²) in [6.45, 7) is 3.61. The molecule has 0 aliphatic carbocycles. The lowest BCUT2D eigenvalue weighted by Crippen LogP contribution is -2.56. The molecule has 0 bridgehead atoms. The minimum absolute atomic E-state index is 0.101. The molecule has 2 aliphatic heterocycles. The Morgan fingerprint density at radius 2 is 2.25 bits per heavy atom. The maximum Gasteiger partial charge on any atom is 0.276 e. The Labute approximate surface area is 117 Å². The molecule has 0 saturated carbocycles. The van der Waals surface area contributed by atoms with E-state index in [1.807, 2.05) is 0 Å². The molecule has 2 saturated heterocycles. The van der Waals surface area contributed by atoms with Gasteiger partial charge in [-0.3, -0.25) is 4.79 Å². The van der Waals surface area contributed by atoms with Crippen molar-refractivity contribution in [2.24, 2.45) is 0 Å². The fourth-order valence-corrected chi connectivity index (χ4v) is 3.14. The molecule has 0 unspecified atom stereocenters. The summed E-state index contributed by atoms with van der Waals surface area (Å²) in [5, 5.41) is 10.2. The highest BCUT2D eigenvalue weighted by Gasteiger charge is 2.44. The highest BCUT2D eigenvalue weighted by molar-refractivity contribution is 5.93. The third-order valence-corrected chi connectivity index (χ3v) is 4.46. The van der Waals surface area contributed by atoms with Gasteiger partial charge in [-0.1, -0.05) is 0 Å². The van der Waals surface area contributed by atoms with Gasteiger partial charge in [-0.25, -0.2) is 4.98 Å². The van der Waals surface area contributed by atoms with Crippen molar-refractivity contribution in [2.75, 3.05) is 19.7 Å². The first-order valence-electron chi connectivity index (χ1n) is 7.14. The van der Waals surface area contributed by atoms with E-state index in [0.29, 0.717) is 44.0 Å². The molecule has 1 amide bonds. The van der Waals surface area contributed by atoms with Crippen molar-refractivity contribution < 1.29 is 19.1 Å². The lowest BCUT2D eigenvalue weighted by atomic mass is 9.82. The quantitative estimate of drug-likeness (QED) is 0.834. The molecule has 0 aromatic carbocycles. The molecular formula is C14H20N2O4. The number of aryl methyl sites for hydroxylation is 1. The molecule has 1 aromatic heterocycles. The van der Waals surface area contributed by atoms with E-state index in [4.69, 9.17) is 9.15 Å². The normalized spacial score (nSPS) is 25.9. The Hall–Kier alpha value is -1.40. The van der Waals surface area contributed by atoms with Crippen molar-refractivity contribution in [1.82, 2.24) is 9.88 Å². The van der Waals surface area contributed by atoms with E-state index in [1.165, 1.54) is 6.39 Å². The monoisotopic (exact) mass is 280 g/mol. The predicted octanol–water partition coefficient (Wildman–Crippen LogP) is 1.13. The minimum Gasteiger partial charge on any atom is -0.448 e. The van der Waals surface area contributed by atoms with Gasteiger partial charge in [0.1, 0.15) is 5.76 Å². The van der Waals surface area contributed by atoms with Crippen molar-refractivity contribution in [3.8, 4) is 0 Å². The smallest absolute Gasteiger partial charge is 0.276 e. The van der Waals surface area contributed by atoms with E-state index >= 15 is 0 Å². The molecule has 2 fully saturated rings. The number of ether oxygens (including phenoxy) is 1. The first kappa shape index (κ1) is 13.6. The third kappa shape index (κ3) is 2.23. The summed E-state index contributed by atoms with van der Waals surface area (Å²) in [5.41, 5.74) is -0.0699. The van der Waals surface area contributed by atoms with Gasteiger partial charge in [0.15, 0.2) is 12.1 Å². The van der Waals surface area contributed by atoms with Crippen LogP contribution >= 0.6 is 0 Å². The van der Waals surface area contributed by atoms with Crippen LogP contribution in [0.4, 0.5) is 0 Å². The molecule has 1 atom stereocenters. The van der Waals surface area contributed by atoms with Crippen LogP contribution in [0.5, 0.6) is 0 Å². The molecule has 1 aromatic rings.